The number of rotatable bonds is 6. The van der Waals surface area contributed by atoms with Crippen LogP contribution in [0.25, 0.3) is 0 Å². The SMILES string of the molecule is c1ccc(OCCC[NH+]2CC[NH+](c3cccc4c3OCCO4)CC2)cc1. The second-order valence-corrected chi connectivity index (χ2v) is 6.95. The maximum atomic E-state index is 5.89. The second-order valence-electron chi connectivity index (χ2n) is 6.95. The molecule has 2 aliphatic rings. The first kappa shape index (κ1) is 17.2. The molecule has 1 saturated heterocycles. The van der Waals surface area contributed by atoms with Crippen LogP contribution in [0, 0.1) is 0 Å². The molecule has 2 N–H and O–H groups in total. The van der Waals surface area contributed by atoms with E-state index in [-0.39, 0.29) is 0 Å². The lowest BCUT2D eigenvalue weighted by Gasteiger charge is -2.31. The minimum atomic E-state index is 0.648. The molecule has 138 valence electrons. The Bertz CT molecular complexity index is 700. The van der Waals surface area contributed by atoms with Gasteiger partial charge in [-0.05, 0) is 18.2 Å². The molecule has 0 radical (unpaired) electrons. The normalized spacial score (nSPS) is 22.0. The summed E-state index contributed by atoms with van der Waals surface area (Å²) in [5.41, 5.74) is 1.26. The van der Waals surface area contributed by atoms with Gasteiger partial charge in [-0.2, -0.15) is 0 Å². The number of para-hydroxylation sites is 2. The highest BCUT2D eigenvalue weighted by atomic mass is 16.6. The zero-order valence-electron chi connectivity index (χ0n) is 15.2. The van der Waals surface area contributed by atoms with Crippen molar-refractivity contribution in [1.82, 2.24) is 0 Å². The number of quaternary nitrogens is 2. The predicted octanol–water partition coefficient (Wildman–Crippen LogP) is 0.342. The van der Waals surface area contributed by atoms with Gasteiger partial charge in [-0.1, -0.05) is 24.3 Å². The molecule has 0 aromatic heterocycles. The van der Waals surface area contributed by atoms with Gasteiger partial charge in [-0.25, -0.2) is 0 Å². The first-order valence-electron chi connectivity index (χ1n) is 9.65. The Morgan fingerprint density at radius 1 is 0.846 bits per heavy atom. The lowest BCUT2D eigenvalue weighted by molar-refractivity contribution is -0.986. The number of hydrogen-bond donors (Lipinski definition) is 2. The quantitative estimate of drug-likeness (QED) is 0.733. The molecular formula is C21H28N2O3+2. The van der Waals surface area contributed by atoms with Crippen LogP contribution in [0.4, 0.5) is 5.69 Å². The largest absolute Gasteiger partial charge is 0.493 e. The molecule has 4 rings (SSSR count). The van der Waals surface area contributed by atoms with Gasteiger partial charge in [0.2, 0.25) is 5.75 Å². The highest BCUT2D eigenvalue weighted by Crippen LogP contribution is 2.35. The molecule has 0 saturated carbocycles. The van der Waals surface area contributed by atoms with Crippen molar-refractivity contribution in [2.75, 3.05) is 52.5 Å². The molecule has 5 nitrogen and oxygen atoms in total. The molecule has 1 fully saturated rings. The topological polar surface area (TPSA) is 36.6 Å². The first-order chi connectivity index (χ1) is 12.9. The van der Waals surface area contributed by atoms with Gasteiger partial charge in [0.1, 0.15) is 45.1 Å². The molecule has 5 heteroatoms. The summed E-state index contributed by atoms with van der Waals surface area (Å²) in [5.74, 6) is 2.82. The lowest BCUT2D eigenvalue weighted by Crippen LogP contribution is -3.26. The highest BCUT2D eigenvalue weighted by Gasteiger charge is 2.29. The minimum Gasteiger partial charge on any atom is -0.493 e. The molecule has 0 aliphatic carbocycles. The number of nitrogens with one attached hydrogen (secondary N) is 2. The summed E-state index contributed by atoms with van der Waals surface area (Å²) in [6.45, 7) is 7.90. The average molecular weight is 356 g/mol. The maximum absolute atomic E-state index is 5.89. The van der Waals surface area contributed by atoms with Gasteiger partial charge in [0.05, 0.1) is 13.2 Å². The molecule has 2 aliphatic heterocycles. The molecule has 0 spiro atoms. The Labute approximate surface area is 155 Å². The van der Waals surface area contributed by atoms with Crippen molar-refractivity contribution < 1.29 is 24.0 Å². The predicted molar refractivity (Wildman–Crippen MR) is 99.9 cm³/mol. The van der Waals surface area contributed by atoms with Gasteiger partial charge in [0.25, 0.3) is 0 Å². The van der Waals surface area contributed by atoms with E-state index in [9.17, 15) is 0 Å². The highest BCUT2D eigenvalue weighted by molar-refractivity contribution is 5.56. The fraction of sp³-hybridized carbons (Fsp3) is 0.429. The number of hydrogen-bond acceptors (Lipinski definition) is 3. The van der Waals surface area contributed by atoms with Crippen LogP contribution in [-0.4, -0.2) is 52.5 Å². The second kappa shape index (κ2) is 8.43. The molecule has 0 atom stereocenters. The number of ether oxygens (including phenoxy) is 3. The van der Waals surface area contributed by atoms with Gasteiger partial charge in [0.15, 0.2) is 11.4 Å². The van der Waals surface area contributed by atoms with Crippen LogP contribution in [0.3, 0.4) is 0 Å². The third kappa shape index (κ3) is 4.11. The molecule has 0 amide bonds. The van der Waals surface area contributed by atoms with Crippen molar-refractivity contribution in [3.05, 3.63) is 48.5 Å². The monoisotopic (exact) mass is 356 g/mol. The number of piperazine rings is 1. The van der Waals surface area contributed by atoms with Crippen LogP contribution < -0.4 is 24.0 Å². The minimum absolute atomic E-state index is 0.648. The van der Waals surface area contributed by atoms with Crippen LogP contribution in [-0.2, 0) is 0 Å². The fourth-order valence-electron chi connectivity index (χ4n) is 3.81. The first-order valence-corrected chi connectivity index (χ1v) is 9.65. The van der Waals surface area contributed by atoms with Crippen molar-refractivity contribution in [2.24, 2.45) is 0 Å². The Kier molecular flexibility index (Phi) is 5.57. The van der Waals surface area contributed by atoms with Crippen LogP contribution >= 0.6 is 0 Å². The summed E-state index contributed by atoms with van der Waals surface area (Å²) >= 11 is 0. The lowest BCUT2D eigenvalue weighted by atomic mass is 10.2. The van der Waals surface area contributed by atoms with Crippen molar-refractivity contribution in [3.8, 4) is 17.2 Å². The maximum Gasteiger partial charge on any atom is 0.223 e. The zero-order valence-corrected chi connectivity index (χ0v) is 15.2. The van der Waals surface area contributed by atoms with Crippen molar-refractivity contribution in [1.29, 1.82) is 0 Å². The van der Waals surface area contributed by atoms with Crippen LogP contribution in [0.5, 0.6) is 17.2 Å². The van der Waals surface area contributed by atoms with E-state index in [1.54, 1.807) is 4.90 Å². The van der Waals surface area contributed by atoms with E-state index >= 15 is 0 Å². The van der Waals surface area contributed by atoms with Gasteiger partial charge in [-0.15, -0.1) is 0 Å². The molecule has 0 bridgehead atoms. The van der Waals surface area contributed by atoms with E-state index in [1.165, 1.54) is 30.2 Å². The van der Waals surface area contributed by atoms with Crippen LogP contribution in [0.1, 0.15) is 6.42 Å². The van der Waals surface area contributed by atoms with E-state index in [0.29, 0.717) is 13.2 Å². The summed E-state index contributed by atoms with van der Waals surface area (Å²) in [4.78, 5) is 3.18. The summed E-state index contributed by atoms with van der Waals surface area (Å²) in [5, 5.41) is 0. The average Bonchev–Trinajstić information content (AvgIpc) is 2.72. The number of benzene rings is 2. The standard InChI is InChI=1S/C21H26N2O3/c1-2-6-18(7-3-1)24-15-5-10-22-11-13-23(14-12-22)19-8-4-9-20-21(19)26-17-16-25-20/h1-4,6-9H,5,10-17H2/p+2. The summed E-state index contributed by atoms with van der Waals surface area (Å²) in [6, 6.07) is 16.3. The van der Waals surface area contributed by atoms with Crippen LogP contribution in [0.15, 0.2) is 48.5 Å². The smallest absolute Gasteiger partial charge is 0.223 e. The molecule has 2 aromatic carbocycles. The molecule has 26 heavy (non-hydrogen) atoms. The van der Waals surface area contributed by atoms with E-state index in [0.717, 1.165) is 43.4 Å². The molecule has 2 aromatic rings. The summed E-state index contributed by atoms with van der Waals surface area (Å²) in [7, 11) is 0. The zero-order chi connectivity index (χ0) is 17.6. The van der Waals surface area contributed by atoms with Crippen LogP contribution in [0.2, 0.25) is 0 Å². The third-order valence-corrected chi connectivity index (χ3v) is 5.19. The Morgan fingerprint density at radius 2 is 1.65 bits per heavy atom. The number of fused-ring (bicyclic) bond motifs is 1. The molecular weight excluding hydrogens is 328 g/mol. The Hall–Kier alpha value is -2.24. The van der Waals surface area contributed by atoms with Gasteiger partial charge in [-0.3, -0.25) is 4.90 Å². The summed E-state index contributed by atoms with van der Waals surface area (Å²) < 4.78 is 17.4. The van der Waals surface area contributed by atoms with E-state index < -0.39 is 0 Å². The summed E-state index contributed by atoms with van der Waals surface area (Å²) in [6.07, 6.45) is 1.09. The van der Waals surface area contributed by atoms with Gasteiger partial charge in [0, 0.05) is 12.5 Å². The Balaban J connectivity index is 1.23. The van der Waals surface area contributed by atoms with Crippen molar-refractivity contribution >= 4 is 5.69 Å². The van der Waals surface area contributed by atoms with Gasteiger partial charge < -0.3 is 19.1 Å². The van der Waals surface area contributed by atoms with E-state index in [4.69, 9.17) is 14.2 Å². The van der Waals surface area contributed by atoms with E-state index in [1.807, 2.05) is 36.4 Å². The van der Waals surface area contributed by atoms with Crippen molar-refractivity contribution in [3.63, 3.8) is 0 Å². The third-order valence-electron chi connectivity index (χ3n) is 5.19. The fourth-order valence-corrected chi connectivity index (χ4v) is 3.81. The van der Waals surface area contributed by atoms with E-state index in [2.05, 4.69) is 12.1 Å². The molecule has 2 heterocycles. The van der Waals surface area contributed by atoms with Crippen molar-refractivity contribution in [2.45, 2.75) is 6.42 Å². The Morgan fingerprint density at radius 3 is 2.50 bits per heavy atom. The molecule has 0 unspecified atom stereocenters. The van der Waals surface area contributed by atoms with Gasteiger partial charge >= 0.3 is 0 Å².